The molecule has 0 amide bonds. The molecule has 0 aromatic heterocycles. The molecule has 1 nitrogen and oxygen atoms in total. The number of fused-ring (bicyclic) bond motifs is 1. The van der Waals surface area contributed by atoms with Crippen LogP contribution in [-0.4, -0.2) is 6.29 Å². The van der Waals surface area contributed by atoms with Crippen molar-refractivity contribution in [3.8, 4) is 0 Å². The van der Waals surface area contributed by atoms with E-state index in [-0.39, 0.29) is 10.8 Å². The molecule has 2 rings (SSSR count). The summed E-state index contributed by atoms with van der Waals surface area (Å²) in [6.45, 7) is 11.6. The van der Waals surface area contributed by atoms with Crippen molar-refractivity contribution < 1.29 is 4.79 Å². The quantitative estimate of drug-likeness (QED) is 0.215. The van der Waals surface area contributed by atoms with E-state index >= 15 is 0 Å². The van der Waals surface area contributed by atoms with Crippen molar-refractivity contribution in [2.24, 2.45) is 0 Å². The minimum atomic E-state index is 0.171. The van der Waals surface area contributed by atoms with E-state index in [1.165, 1.54) is 94.6 Å². The topological polar surface area (TPSA) is 17.1 Å². The first kappa shape index (κ1) is 25.9. The molecule has 0 spiro atoms. The molecular weight excluding hydrogens is 376 g/mol. The van der Waals surface area contributed by atoms with Gasteiger partial charge in [-0.15, -0.1) is 0 Å². The molecule has 31 heavy (non-hydrogen) atoms. The summed E-state index contributed by atoms with van der Waals surface area (Å²) < 4.78 is 0. The maximum atomic E-state index is 11.7. The van der Waals surface area contributed by atoms with E-state index in [2.05, 4.69) is 65.2 Å². The van der Waals surface area contributed by atoms with Crippen LogP contribution in [0.5, 0.6) is 0 Å². The molecule has 1 aliphatic rings. The summed E-state index contributed by atoms with van der Waals surface area (Å²) in [5, 5.41) is 0. The number of unbranched alkanes of at least 4 members (excludes halogenated alkanes) is 11. The molecule has 0 unspecified atom stereocenters. The van der Waals surface area contributed by atoms with Gasteiger partial charge in [-0.3, -0.25) is 4.79 Å². The number of allylic oxidation sites excluding steroid dienone is 2. The second-order valence-electron chi connectivity index (χ2n) is 11.1. The number of hydrogen-bond donors (Lipinski definition) is 0. The second-order valence-corrected chi connectivity index (χ2v) is 11.1. The third-order valence-electron chi connectivity index (χ3n) is 7.43. The predicted octanol–water partition coefficient (Wildman–Crippen LogP) is 9.23. The van der Waals surface area contributed by atoms with Crippen LogP contribution in [0.25, 0.3) is 5.57 Å². The van der Waals surface area contributed by atoms with E-state index in [0.29, 0.717) is 0 Å². The highest BCUT2D eigenvalue weighted by atomic mass is 16.1. The Bertz CT molecular complexity index is 707. The number of rotatable bonds is 14. The first-order chi connectivity index (χ1) is 14.8. The van der Waals surface area contributed by atoms with Crippen LogP contribution in [0.2, 0.25) is 0 Å². The third kappa shape index (κ3) is 7.92. The summed E-state index contributed by atoms with van der Waals surface area (Å²) in [4.78, 5) is 11.7. The molecule has 173 valence electrons. The van der Waals surface area contributed by atoms with Crippen LogP contribution in [-0.2, 0) is 15.6 Å². The second kappa shape index (κ2) is 12.6. The molecule has 0 N–H and O–H groups in total. The van der Waals surface area contributed by atoms with E-state index in [4.69, 9.17) is 0 Å². The minimum absolute atomic E-state index is 0.171. The summed E-state index contributed by atoms with van der Waals surface area (Å²) in [5.41, 5.74) is 5.04. The zero-order valence-electron chi connectivity index (χ0n) is 21.1. The first-order valence-corrected chi connectivity index (χ1v) is 13.1. The third-order valence-corrected chi connectivity index (χ3v) is 7.43. The van der Waals surface area contributed by atoms with Crippen LogP contribution < -0.4 is 0 Å². The Kier molecular flexibility index (Phi) is 10.5. The van der Waals surface area contributed by atoms with Crippen LogP contribution in [0.3, 0.4) is 0 Å². The standard InChI is InChI=1S/C30H47O/c1-6-7-8-9-10-11-12-13-14-15-16-17-18-26(24-31)25-19-20-27-28(23-25)30(4,5)22-21-29(27,2)3/h18-20,23H,6-17,21-22H2,1-5H3. The lowest BCUT2D eigenvalue weighted by atomic mass is 9.63. The van der Waals surface area contributed by atoms with Gasteiger partial charge < -0.3 is 0 Å². The molecule has 0 saturated carbocycles. The highest BCUT2D eigenvalue weighted by Crippen LogP contribution is 2.46. The SMILES string of the molecule is CCCCCCCCCCCCCC=C([C]=O)c1ccc2c(c1)C(C)(C)CCC2(C)C. The van der Waals surface area contributed by atoms with Gasteiger partial charge in [-0.05, 0) is 53.2 Å². The maximum Gasteiger partial charge on any atom is 0.233 e. The average molecular weight is 424 g/mol. The highest BCUT2D eigenvalue weighted by Gasteiger charge is 2.37. The Hall–Kier alpha value is -1.37. The van der Waals surface area contributed by atoms with Crippen LogP contribution in [0.15, 0.2) is 24.3 Å². The lowest BCUT2D eigenvalue weighted by Gasteiger charge is -2.42. The normalized spacial score (nSPS) is 17.4. The van der Waals surface area contributed by atoms with E-state index in [1.54, 1.807) is 0 Å². The fourth-order valence-corrected chi connectivity index (χ4v) is 5.03. The van der Waals surface area contributed by atoms with Crippen LogP contribution in [0, 0.1) is 0 Å². The minimum Gasteiger partial charge on any atom is -0.285 e. The van der Waals surface area contributed by atoms with E-state index in [1.807, 2.05) is 0 Å². The van der Waals surface area contributed by atoms with Crippen molar-refractivity contribution in [3.05, 3.63) is 41.0 Å². The van der Waals surface area contributed by atoms with E-state index < -0.39 is 0 Å². The Labute approximate surface area is 193 Å². The van der Waals surface area contributed by atoms with Gasteiger partial charge in [0, 0.05) is 5.57 Å². The highest BCUT2D eigenvalue weighted by molar-refractivity contribution is 6.07. The Morgan fingerprint density at radius 1 is 0.806 bits per heavy atom. The Morgan fingerprint density at radius 3 is 1.87 bits per heavy atom. The van der Waals surface area contributed by atoms with Gasteiger partial charge in [0.1, 0.15) is 0 Å². The van der Waals surface area contributed by atoms with E-state index in [0.717, 1.165) is 17.6 Å². The van der Waals surface area contributed by atoms with Crippen molar-refractivity contribution in [1.29, 1.82) is 0 Å². The largest absolute Gasteiger partial charge is 0.285 e. The molecule has 0 saturated heterocycles. The lowest BCUT2D eigenvalue weighted by Crippen LogP contribution is -2.33. The van der Waals surface area contributed by atoms with Crippen molar-refractivity contribution in [1.82, 2.24) is 0 Å². The van der Waals surface area contributed by atoms with Gasteiger partial charge in [-0.1, -0.05) is 123 Å². The molecule has 1 heteroatoms. The van der Waals surface area contributed by atoms with Gasteiger partial charge in [0.15, 0.2) is 0 Å². The van der Waals surface area contributed by atoms with Crippen LogP contribution >= 0.6 is 0 Å². The molecule has 1 aromatic carbocycles. The molecule has 1 aromatic rings. The Morgan fingerprint density at radius 2 is 1.32 bits per heavy atom. The van der Waals surface area contributed by atoms with Crippen molar-refractivity contribution >= 4 is 11.9 Å². The maximum absolute atomic E-state index is 11.7. The zero-order valence-corrected chi connectivity index (χ0v) is 21.1. The number of hydrogen-bond acceptors (Lipinski definition) is 1. The molecule has 0 bridgehead atoms. The first-order valence-electron chi connectivity index (χ1n) is 13.1. The van der Waals surface area contributed by atoms with Crippen LogP contribution in [0.1, 0.15) is 141 Å². The van der Waals surface area contributed by atoms with Crippen molar-refractivity contribution in [2.75, 3.05) is 0 Å². The summed E-state index contributed by atoms with van der Waals surface area (Å²) in [7, 11) is 0. The summed E-state index contributed by atoms with van der Waals surface area (Å²) in [6, 6.07) is 6.67. The summed E-state index contributed by atoms with van der Waals surface area (Å²) in [5.74, 6) is 0. The molecule has 0 aliphatic heterocycles. The fourth-order valence-electron chi connectivity index (χ4n) is 5.03. The molecule has 1 aliphatic carbocycles. The summed E-state index contributed by atoms with van der Waals surface area (Å²) in [6.07, 6.45) is 22.6. The average Bonchev–Trinajstić information content (AvgIpc) is 2.75. The molecular formula is C30H47O. The monoisotopic (exact) mass is 423 g/mol. The summed E-state index contributed by atoms with van der Waals surface area (Å²) >= 11 is 0. The van der Waals surface area contributed by atoms with Gasteiger partial charge in [0.05, 0.1) is 0 Å². The van der Waals surface area contributed by atoms with Gasteiger partial charge in [-0.2, -0.15) is 0 Å². The fraction of sp³-hybridized carbons (Fsp3) is 0.700. The molecule has 1 radical (unpaired) electrons. The number of carbonyl (C=O) groups excluding carboxylic acids is 1. The van der Waals surface area contributed by atoms with Crippen LogP contribution in [0.4, 0.5) is 0 Å². The lowest BCUT2D eigenvalue weighted by molar-refractivity contribution is 0.332. The molecule has 0 fully saturated rings. The van der Waals surface area contributed by atoms with Gasteiger partial charge in [0.2, 0.25) is 6.29 Å². The zero-order chi connectivity index (χ0) is 22.7. The predicted molar refractivity (Wildman–Crippen MR) is 136 cm³/mol. The van der Waals surface area contributed by atoms with Gasteiger partial charge in [-0.25, -0.2) is 0 Å². The van der Waals surface area contributed by atoms with Crippen molar-refractivity contribution in [2.45, 2.75) is 135 Å². The Balaban J connectivity index is 1.79. The van der Waals surface area contributed by atoms with Gasteiger partial charge in [0.25, 0.3) is 0 Å². The molecule has 0 heterocycles. The molecule has 0 atom stereocenters. The van der Waals surface area contributed by atoms with Gasteiger partial charge >= 0.3 is 0 Å². The van der Waals surface area contributed by atoms with E-state index in [9.17, 15) is 4.79 Å². The smallest absolute Gasteiger partial charge is 0.233 e. The number of benzene rings is 1. The van der Waals surface area contributed by atoms with Crippen molar-refractivity contribution in [3.63, 3.8) is 0 Å².